The van der Waals surface area contributed by atoms with Crippen LogP contribution in [-0.2, 0) is 6.42 Å². The van der Waals surface area contributed by atoms with Crippen LogP contribution in [0.4, 0.5) is 0 Å². The van der Waals surface area contributed by atoms with Gasteiger partial charge in [-0.3, -0.25) is 0 Å². The predicted molar refractivity (Wildman–Crippen MR) is 89.6 cm³/mol. The van der Waals surface area contributed by atoms with Gasteiger partial charge in [-0.15, -0.1) is 0 Å². The Morgan fingerprint density at radius 2 is 1.90 bits per heavy atom. The van der Waals surface area contributed by atoms with E-state index >= 15 is 0 Å². The third-order valence-corrected chi connectivity index (χ3v) is 5.24. The SMILES string of the molecule is CC1(C)Cc2ccccc2C1NCCCN1CCCCC1. The van der Waals surface area contributed by atoms with Gasteiger partial charge in [0, 0.05) is 6.04 Å². The molecule has 1 atom stereocenters. The maximum absolute atomic E-state index is 3.84. The molecular formula is C19H30N2. The van der Waals surface area contributed by atoms with Gasteiger partial charge in [0.2, 0.25) is 0 Å². The van der Waals surface area contributed by atoms with E-state index in [9.17, 15) is 0 Å². The molecule has 1 N–H and O–H groups in total. The maximum Gasteiger partial charge on any atom is 0.0377 e. The summed E-state index contributed by atoms with van der Waals surface area (Å²) in [6, 6.07) is 9.49. The lowest BCUT2D eigenvalue weighted by atomic mass is 9.85. The summed E-state index contributed by atoms with van der Waals surface area (Å²) < 4.78 is 0. The first-order chi connectivity index (χ1) is 10.2. The summed E-state index contributed by atoms with van der Waals surface area (Å²) in [5.41, 5.74) is 3.41. The molecular weight excluding hydrogens is 256 g/mol. The molecule has 0 saturated carbocycles. The molecule has 21 heavy (non-hydrogen) atoms. The van der Waals surface area contributed by atoms with Gasteiger partial charge in [0.05, 0.1) is 0 Å². The van der Waals surface area contributed by atoms with Crippen LogP contribution in [0.5, 0.6) is 0 Å². The largest absolute Gasteiger partial charge is 0.309 e. The van der Waals surface area contributed by atoms with Crippen LogP contribution in [0.15, 0.2) is 24.3 Å². The first kappa shape index (κ1) is 15.1. The molecule has 1 aliphatic carbocycles. The van der Waals surface area contributed by atoms with Crippen molar-refractivity contribution in [3.63, 3.8) is 0 Å². The molecule has 0 spiro atoms. The Balaban J connectivity index is 1.50. The molecule has 0 aromatic heterocycles. The lowest BCUT2D eigenvalue weighted by Gasteiger charge is -2.30. The standard InChI is InChI=1S/C19H30N2/c1-19(2)15-16-9-4-5-10-17(16)18(19)20-11-8-14-21-12-6-3-7-13-21/h4-5,9-10,18,20H,3,6-8,11-15H2,1-2H3. The van der Waals surface area contributed by atoms with Crippen LogP contribution in [0, 0.1) is 5.41 Å². The quantitative estimate of drug-likeness (QED) is 0.829. The number of piperidine rings is 1. The van der Waals surface area contributed by atoms with Crippen molar-refractivity contribution in [2.45, 2.75) is 52.0 Å². The van der Waals surface area contributed by atoms with E-state index in [-0.39, 0.29) is 0 Å². The van der Waals surface area contributed by atoms with Gasteiger partial charge in [-0.05, 0) is 68.4 Å². The van der Waals surface area contributed by atoms with Crippen LogP contribution in [-0.4, -0.2) is 31.1 Å². The molecule has 1 aliphatic heterocycles. The molecule has 2 aliphatic rings. The van der Waals surface area contributed by atoms with Gasteiger partial charge in [-0.1, -0.05) is 44.5 Å². The third-order valence-electron chi connectivity index (χ3n) is 5.24. The molecule has 2 nitrogen and oxygen atoms in total. The van der Waals surface area contributed by atoms with Gasteiger partial charge >= 0.3 is 0 Å². The second-order valence-corrected chi connectivity index (χ2v) is 7.51. The molecule has 0 bridgehead atoms. The van der Waals surface area contributed by atoms with Crippen molar-refractivity contribution < 1.29 is 0 Å². The van der Waals surface area contributed by atoms with E-state index in [0.29, 0.717) is 11.5 Å². The lowest BCUT2D eigenvalue weighted by molar-refractivity contribution is 0.218. The lowest BCUT2D eigenvalue weighted by Crippen LogP contribution is -2.35. The molecule has 0 amide bonds. The topological polar surface area (TPSA) is 15.3 Å². The molecule has 1 aromatic rings. The number of hydrogen-bond acceptors (Lipinski definition) is 2. The minimum atomic E-state index is 0.342. The molecule has 1 heterocycles. The zero-order valence-electron chi connectivity index (χ0n) is 13.7. The number of hydrogen-bond donors (Lipinski definition) is 1. The molecule has 116 valence electrons. The normalized spacial score (nSPS) is 25.0. The van der Waals surface area contributed by atoms with Crippen LogP contribution in [0.2, 0.25) is 0 Å². The fourth-order valence-electron chi connectivity index (χ4n) is 4.11. The summed E-state index contributed by atoms with van der Waals surface area (Å²) in [6.07, 6.45) is 6.70. The number of benzene rings is 1. The fourth-order valence-corrected chi connectivity index (χ4v) is 4.11. The van der Waals surface area contributed by atoms with Crippen LogP contribution in [0.3, 0.4) is 0 Å². The Morgan fingerprint density at radius 1 is 1.14 bits per heavy atom. The van der Waals surface area contributed by atoms with E-state index < -0.39 is 0 Å². The average molecular weight is 286 g/mol. The van der Waals surface area contributed by atoms with Gasteiger partial charge in [0.25, 0.3) is 0 Å². The second-order valence-electron chi connectivity index (χ2n) is 7.51. The van der Waals surface area contributed by atoms with Gasteiger partial charge in [-0.2, -0.15) is 0 Å². The zero-order valence-corrected chi connectivity index (χ0v) is 13.7. The molecule has 1 fully saturated rings. The molecule has 1 aromatic carbocycles. The summed E-state index contributed by atoms with van der Waals surface area (Å²) in [4.78, 5) is 2.64. The Labute approximate surface area is 129 Å². The van der Waals surface area contributed by atoms with Gasteiger partial charge in [0.15, 0.2) is 0 Å². The van der Waals surface area contributed by atoms with Gasteiger partial charge < -0.3 is 10.2 Å². The third kappa shape index (κ3) is 3.49. The summed E-state index contributed by atoms with van der Waals surface area (Å²) in [6.45, 7) is 9.83. The Bertz CT molecular complexity index is 460. The summed E-state index contributed by atoms with van der Waals surface area (Å²) >= 11 is 0. The van der Waals surface area contributed by atoms with Crippen LogP contribution in [0.25, 0.3) is 0 Å². The summed E-state index contributed by atoms with van der Waals surface area (Å²) in [5, 5.41) is 3.84. The molecule has 3 rings (SSSR count). The van der Waals surface area contributed by atoms with E-state index in [1.807, 2.05) is 0 Å². The van der Waals surface area contributed by atoms with Crippen molar-refractivity contribution >= 4 is 0 Å². The Kier molecular flexibility index (Phi) is 4.66. The minimum Gasteiger partial charge on any atom is -0.309 e. The molecule has 0 radical (unpaired) electrons. The van der Waals surface area contributed by atoms with E-state index in [1.54, 1.807) is 0 Å². The highest BCUT2D eigenvalue weighted by molar-refractivity contribution is 5.37. The predicted octanol–water partition coefficient (Wildman–Crippen LogP) is 3.78. The molecule has 2 heteroatoms. The minimum absolute atomic E-state index is 0.342. The smallest absolute Gasteiger partial charge is 0.0377 e. The van der Waals surface area contributed by atoms with Crippen molar-refractivity contribution in [3.8, 4) is 0 Å². The first-order valence-electron chi connectivity index (χ1n) is 8.70. The fraction of sp³-hybridized carbons (Fsp3) is 0.684. The monoisotopic (exact) mass is 286 g/mol. The number of nitrogens with one attached hydrogen (secondary N) is 1. The van der Waals surface area contributed by atoms with Crippen LogP contribution >= 0.6 is 0 Å². The van der Waals surface area contributed by atoms with Crippen molar-refractivity contribution in [2.24, 2.45) is 5.41 Å². The van der Waals surface area contributed by atoms with Crippen molar-refractivity contribution in [1.82, 2.24) is 10.2 Å². The van der Waals surface area contributed by atoms with E-state index in [1.165, 1.54) is 62.9 Å². The van der Waals surface area contributed by atoms with Crippen molar-refractivity contribution in [1.29, 1.82) is 0 Å². The average Bonchev–Trinajstić information content (AvgIpc) is 2.75. The maximum atomic E-state index is 3.84. The molecule has 1 unspecified atom stereocenters. The number of likely N-dealkylation sites (tertiary alicyclic amines) is 1. The van der Waals surface area contributed by atoms with E-state index in [0.717, 1.165) is 6.54 Å². The first-order valence-corrected chi connectivity index (χ1v) is 8.70. The van der Waals surface area contributed by atoms with Gasteiger partial charge in [-0.25, -0.2) is 0 Å². The number of fused-ring (bicyclic) bond motifs is 1. The second kappa shape index (κ2) is 6.50. The molecule has 1 saturated heterocycles. The highest BCUT2D eigenvalue weighted by Gasteiger charge is 2.37. The van der Waals surface area contributed by atoms with Crippen molar-refractivity contribution in [3.05, 3.63) is 35.4 Å². The zero-order chi connectivity index (χ0) is 14.7. The Morgan fingerprint density at radius 3 is 2.71 bits per heavy atom. The van der Waals surface area contributed by atoms with Crippen LogP contribution < -0.4 is 5.32 Å². The van der Waals surface area contributed by atoms with E-state index in [4.69, 9.17) is 0 Å². The summed E-state index contributed by atoms with van der Waals surface area (Å²) in [7, 11) is 0. The number of rotatable bonds is 5. The van der Waals surface area contributed by atoms with E-state index in [2.05, 4.69) is 48.3 Å². The Hall–Kier alpha value is -0.860. The highest BCUT2D eigenvalue weighted by Crippen LogP contribution is 2.44. The van der Waals surface area contributed by atoms with Gasteiger partial charge in [0.1, 0.15) is 0 Å². The van der Waals surface area contributed by atoms with Crippen molar-refractivity contribution in [2.75, 3.05) is 26.2 Å². The highest BCUT2D eigenvalue weighted by atomic mass is 15.1. The summed E-state index contributed by atoms with van der Waals surface area (Å²) in [5.74, 6) is 0. The number of nitrogens with zero attached hydrogens (tertiary/aromatic N) is 1. The van der Waals surface area contributed by atoms with Crippen LogP contribution in [0.1, 0.15) is 56.7 Å².